The minimum Gasteiger partial charge on any atom is -0.381 e. The van der Waals surface area contributed by atoms with Gasteiger partial charge in [-0.25, -0.2) is 4.39 Å². The number of ether oxygens (including phenoxy) is 1. The number of aromatic nitrogens is 4. The van der Waals surface area contributed by atoms with Crippen LogP contribution < -0.4 is 5.32 Å². The SMILES string of the molecule is CC(C)c1nn(-c2noc(C3CC(NCC4CCOCC4)C3)n2)c2c(F)cccc12. The van der Waals surface area contributed by atoms with Gasteiger partial charge in [0.2, 0.25) is 5.89 Å². The van der Waals surface area contributed by atoms with E-state index in [-0.39, 0.29) is 17.7 Å². The van der Waals surface area contributed by atoms with Gasteiger partial charge in [0.15, 0.2) is 0 Å². The molecule has 3 heterocycles. The highest BCUT2D eigenvalue weighted by molar-refractivity contribution is 5.84. The fourth-order valence-corrected chi connectivity index (χ4v) is 4.47. The molecule has 3 aromatic rings. The summed E-state index contributed by atoms with van der Waals surface area (Å²) in [4.78, 5) is 4.56. The van der Waals surface area contributed by atoms with Crippen LogP contribution in [-0.4, -0.2) is 45.7 Å². The number of hydrogen-bond acceptors (Lipinski definition) is 6. The van der Waals surface area contributed by atoms with Gasteiger partial charge in [-0.15, -0.1) is 0 Å². The molecule has 5 rings (SSSR count). The second-order valence-electron chi connectivity index (χ2n) is 8.85. The molecule has 0 radical (unpaired) electrons. The highest BCUT2D eigenvalue weighted by Crippen LogP contribution is 2.37. The van der Waals surface area contributed by atoms with Crippen molar-refractivity contribution in [1.82, 2.24) is 25.2 Å². The van der Waals surface area contributed by atoms with Crippen molar-refractivity contribution in [2.75, 3.05) is 19.8 Å². The normalized spacial score (nSPS) is 22.7. The van der Waals surface area contributed by atoms with Crippen LogP contribution in [0.15, 0.2) is 22.7 Å². The van der Waals surface area contributed by atoms with Crippen LogP contribution in [0.5, 0.6) is 0 Å². The lowest BCUT2D eigenvalue weighted by Gasteiger charge is -2.35. The van der Waals surface area contributed by atoms with E-state index < -0.39 is 0 Å². The molecule has 0 amide bonds. The summed E-state index contributed by atoms with van der Waals surface area (Å²) in [5, 5.41) is 13.2. The number of nitrogens with one attached hydrogen (secondary N) is 1. The van der Waals surface area contributed by atoms with Gasteiger partial charge in [0.05, 0.1) is 5.69 Å². The molecule has 1 saturated heterocycles. The Morgan fingerprint density at radius 3 is 2.80 bits per heavy atom. The lowest BCUT2D eigenvalue weighted by atomic mass is 9.80. The first-order chi connectivity index (χ1) is 14.6. The van der Waals surface area contributed by atoms with Gasteiger partial charge in [0.25, 0.3) is 5.95 Å². The fourth-order valence-electron chi connectivity index (χ4n) is 4.47. The topological polar surface area (TPSA) is 78.0 Å². The van der Waals surface area contributed by atoms with Gasteiger partial charge in [-0.3, -0.25) is 0 Å². The van der Waals surface area contributed by atoms with Gasteiger partial charge in [0, 0.05) is 30.6 Å². The first kappa shape index (κ1) is 19.6. The summed E-state index contributed by atoms with van der Waals surface area (Å²) in [5.74, 6) is 1.70. The van der Waals surface area contributed by atoms with E-state index in [9.17, 15) is 4.39 Å². The van der Waals surface area contributed by atoms with Crippen molar-refractivity contribution in [3.8, 4) is 5.95 Å². The van der Waals surface area contributed by atoms with Crippen LogP contribution in [0, 0.1) is 11.7 Å². The first-order valence-electron chi connectivity index (χ1n) is 10.9. The third-order valence-corrected chi connectivity index (χ3v) is 6.37. The number of halogens is 1. The summed E-state index contributed by atoms with van der Waals surface area (Å²) < 4.78 is 27.0. The predicted octanol–water partition coefficient (Wildman–Crippen LogP) is 3.93. The maximum atomic E-state index is 14.6. The number of rotatable bonds is 6. The van der Waals surface area contributed by atoms with Crippen molar-refractivity contribution in [3.05, 3.63) is 35.6 Å². The van der Waals surface area contributed by atoms with Crippen molar-refractivity contribution >= 4 is 10.9 Å². The average molecular weight is 413 g/mol. The Morgan fingerprint density at radius 1 is 1.23 bits per heavy atom. The second-order valence-corrected chi connectivity index (χ2v) is 8.85. The van der Waals surface area contributed by atoms with Crippen molar-refractivity contribution in [2.24, 2.45) is 5.92 Å². The second kappa shape index (κ2) is 8.07. The Kier molecular flexibility index (Phi) is 5.28. The van der Waals surface area contributed by atoms with E-state index in [1.165, 1.54) is 10.7 Å². The van der Waals surface area contributed by atoms with Crippen LogP contribution in [0.4, 0.5) is 4.39 Å². The molecule has 0 atom stereocenters. The van der Waals surface area contributed by atoms with E-state index in [2.05, 4.69) is 20.6 Å². The van der Waals surface area contributed by atoms with E-state index in [1.807, 2.05) is 19.9 Å². The van der Waals surface area contributed by atoms with Gasteiger partial charge in [-0.05, 0) is 55.3 Å². The molecule has 2 aliphatic rings. The zero-order valence-electron chi connectivity index (χ0n) is 17.5. The molecule has 0 bridgehead atoms. The Labute approximate surface area is 175 Å². The van der Waals surface area contributed by atoms with Crippen molar-refractivity contribution in [3.63, 3.8) is 0 Å². The van der Waals surface area contributed by atoms with Gasteiger partial charge >= 0.3 is 0 Å². The van der Waals surface area contributed by atoms with Crippen LogP contribution in [0.2, 0.25) is 0 Å². The van der Waals surface area contributed by atoms with E-state index >= 15 is 0 Å². The predicted molar refractivity (Wildman–Crippen MR) is 110 cm³/mol. The summed E-state index contributed by atoms with van der Waals surface area (Å²) in [6.45, 7) is 6.89. The molecule has 30 heavy (non-hydrogen) atoms. The molecule has 0 unspecified atom stereocenters. The van der Waals surface area contributed by atoms with E-state index in [1.54, 1.807) is 6.07 Å². The first-order valence-corrected chi connectivity index (χ1v) is 10.9. The lowest BCUT2D eigenvalue weighted by molar-refractivity contribution is 0.0637. The van der Waals surface area contributed by atoms with Crippen molar-refractivity contribution in [1.29, 1.82) is 0 Å². The number of benzene rings is 1. The van der Waals surface area contributed by atoms with E-state index in [0.717, 1.165) is 56.5 Å². The Morgan fingerprint density at radius 2 is 2.03 bits per heavy atom. The summed E-state index contributed by atoms with van der Waals surface area (Å²) in [5.41, 5.74) is 1.23. The third kappa shape index (κ3) is 3.63. The summed E-state index contributed by atoms with van der Waals surface area (Å²) in [6.07, 6.45) is 4.25. The summed E-state index contributed by atoms with van der Waals surface area (Å²) in [7, 11) is 0. The van der Waals surface area contributed by atoms with Gasteiger partial charge in [-0.1, -0.05) is 26.0 Å². The third-order valence-electron chi connectivity index (χ3n) is 6.37. The average Bonchev–Trinajstić information content (AvgIpc) is 3.33. The lowest BCUT2D eigenvalue weighted by Crippen LogP contribution is -2.43. The summed E-state index contributed by atoms with van der Waals surface area (Å²) in [6, 6.07) is 5.52. The summed E-state index contributed by atoms with van der Waals surface area (Å²) >= 11 is 0. The molecule has 1 aromatic carbocycles. The number of para-hydroxylation sites is 1. The molecule has 8 heteroatoms. The van der Waals surface area contributed by atoms with Gasteiger partial charge in [0.1, 0.15) is 11.3 Å². The Balaban J connectivity index is 1.28. The van der Waals surface area contributed by atoms with Crippen LogP contribution in [0.25, 0.3) is 16.9 Å². The molecule has 1 N–H and O–H groups in total. The molecule has 7 nitrogen and oxygen atoms in total. The largest absolute Gasteiger partial charge is 0.381 e. The van der Waals surface area contributed by atoms with Crippen molar-refractivity contribution < 1.29 is 13.7 Å². The Hall–Kier alpha value is -2.32. The molecule has 1 aliphatic carbocycles. The zero-order chi connectivity index (χ0) is 20.7. The molecule has 2 fully saturated rings. The molecule has 0 spiro atoms. The number of fused-ring (bicyclic) bond motifs is 1. The molecular weight excluding hydrogens is 385 g/mol. The molecule has 1 aliphatic heterocycles. The standard InChI is InChI=1S/C22H28FN5O2/c1-13(2)19-17-4-3-5-18(23)20(17)28(26-19)22-25-21(30-27-22)15-10-16(11-15)24-12-14-6-8-29-9-7-14/h3-5,13-16,24H,6-12H2,1-2H3. The monoisotopic (exact) mass is 413 g/mol. The molecule has 160 valence electrons. The smallest absolute Gasteiger partial charge is 0.291 e. The highest BCUT2D eigenvalue weighted by Gasteiger charge is 2.35. The van der Waals surface area contributed by atoms with Crippen LogP contribution in [0.1, 0.15) is 63.0 Å². The van der Waals surface area contributed by atoms with E-state index in [0.29, 0.717) is 29.3 Å². The molecule has 1 saturated carbocycles. The fraction of sp³-hybridized carbons (Fsp3) is 0.591. The minimum absolute atomic E-state index is 0.163. The maximum Gasteiger partial charge on any atom is 0.291 e. The zero-order valence-corrected chi connectivity index (χ0v) is 17.5. The minimum atomic E-state index is -0.334. The van der Waals surface area contributed by atoms with Crippen LogP contribution in [0.3, 0.4) is 0 Å². The van der Waals surface area contributed by atoms with E-state index in [4.69, 9.17) is 9.26 Å². The quantitative estimate of drug-likeness (QED) is 0.660. The highest BCUT2D eigenvalue weighted by atomic mass is 19.1. The van der Waals surface area contributed by atoms with Crippen LogP contribution >= 0.6 is 0 Å². The maximum absolute atomic E-state index is 14.6. The van der Waals surface area contributed by atoms with Crippen LogP contribution in [-0.2, 0) is 4.74 Å². The van der Waals surface area contributed by atoms with Gasteiger partial charge < -0.3 is 14.6 Å². The molecular formula is C22H28FN5O2. The number of hydrogen-bond donors (Lipinski definition) is 1. The number of nitrogens with zero attached hydrogens (tertiary/aromatic N) is 4. The molecule has 2 aromatic heterocycles. The Bertz CT molecular complexity index is 1020. The van der Waals surface area contributed by atoms with Gasteiger partial charge in [-0.2, -0.15) is 14.8 Å². The van der Waals surface area contributed by atoms with Crippen molar-refractivity contribution in [2.45, 2.75) is 57.4 Å².